The third kappa shape index (κ3) is 3.54. The summed E-state index contributed by atoms with van der Waals surface area (Å²) >= 11 is 6.12. The Balaban J connectivity index is 2.79. The zero-order chi connectivity index (χ0) is 12.1. The Labute approximate surface area is 102 Å². The van der Waals surface area contributed by atoms with Gasteiger partial charge in [-0.15, -0.1) is 0 Å². The first-order valence-electron chi connectivity index (χ1n) is 5.31. The molecular formula is C13H18ClNO. The number of ether oxygens (including phenoxy) is 1. The van der Waals surface area contributed by atoms with E-state index in [-0.39, 0.29) is 0 Å². The molecule has 1 unspecified atom stereocenters. The topological polar surface area (TPSA) is 35.2 Å². The minimum Gasteiger partial charge on any atom is -0.488 e. The molecule has 0 bridgehead atoms. The van der Waals surface area contributed by atoms with Crippen LogP contribution in [0.25, 0.3) is 0 Å². The molecule has 1 atom stereocenters. The second-order valence-corrected chi connectivity index (χ2v) is 4.48. The van der Waals surface area contributed by atoms with E-state index in [2.05, 4.69) is 13.5 Å². The van der Waals surface area contributed by atoms with Crippen LogP contribution in [-0.4, -0.2) is 13.2 Å². The Bertz CT molecular complexity index is 376. The van der Waals surface area contributed by atoms with E-state index in [0.29, 0.717) is 29.8 Å². The normalized spacial score (nSPS) is 12.2. The van der Waals surface area contributed by atoms with Crippen molar-refractivity contribution < 1.29 is 4.74 Å². The van der Waals surface area contributed by atoms with E-state index >= 15 is 0 Å². The molecule has 3 heteroatoms. The molecule has 0 aromatic heterocycles. The van der Waals surface area contributed by atoms with Crippen LogP contribution in [0.15, 0.2) is 30.4 Å². The average molecular weight is 240 g/mol. The predicted octanol–water partition coefficient (Wildman–Crippen LogP) is 3.36. The first-order chi connectivity index (χ1) is 7.54. The minimum atomic E-state index is 0.313. The highest BCUT2D eigenvalue weighted by Gasteiger charge is 2.07. The summed E-state index contributed by atoms with van der Waals surface area (Å²) < 4.78 is 5.50. The van der Waals surface area contributed by atoms with E-state index < -0.39 is 0 Å². The number of hydrogen-bond acceptors (Lipinski definition) is 2. The van der Waals surface area contributed by atoms with Crippen molar-refractivity contribution in [1.29, 1.82) is 0 Å². The Hall–Kier alpha value is -0.990. The summed E-state index contributed by atoms with van der Waals surface area (Å²) in [7, 11) is 0. The lowest BCUT2D eigenvalue weighted by molar-refractivity contribution is 0.353. The van der Waals surface area contributed by atoms with Gasteiger partial charge in [0.1, 0.15) is 12.4 Å². The Morgan fingerprint density at radius 3 is 2.75 bits per heavy atom. The highest BCUT2D eigenvalue weighted by atomic mass is 35.5. The molecule has 0 fully saturated rings. The summed E-state index contributed by atoms with van der Waals surface area (Å²) in [4.78, 5) is 0. The van der Waals surface area contributed by atoms with Crippen LogP contribution in [-0.2, 0) is 0 Å². The number of benzene rings is 1. The van der Waals surface area contributed by atoms with E-state index in [4.69, 9.17) is 22.1 Å². The van der Waals surface area contributed by atoms with Gasteiger partial charge in [-0.05, 0) is 42.7 Å². The van der Waals surface area contributed by atoms with Gasteiger partial charge < -0.3 is 10.5 Å². The number of rotatable bonds is 5. The molecule has 0 saturated carbocycles. The lowest BCUT2D eigenvalue weighted by Crippen LogP contribution is -2.09. The Morgan fingerprint density at radius 1 is 1.56 bits per heavy atom. The van der Waals surface area contributed by atoms with Crippen molar-refractivity contribution in [2.75, 3.05) is 13.2 Å². The van der Waals surface area contributed by atoms with Crippen molar-refractivity contribution in [1.82, 2.24) is 0 Å². The van der Waals surface area contributed by atoms with Crippen LogP contribution >= 0.6 is 11.6 Å². The van der Waals surface area contributed by atoms with Gasteiger partial charge in [0.05, 0.1) is 5.02 Å². The molecule has 0 spiro atoms. The van der Waals surface area contributed by atoms with Gasteiger partial charge in [-0.1, -0.05) is 31.2 Å². The molecule has 2 N–H and O–H groups in total. The summed E-state index contributed by atoms with van der Waals surface area (Å²) in [5.41, 5.74) is 7.71. The molecule has 0 aliphatic rings. The molecule has 0 heterocycles. The van der Waals surface area contributed by atoms with Gasteiger partial charge in [0, 0.05) is 0 Å². The van der Waals surface area contributed by atoms with Gasteiger partial charge >= 0.3 is 0 Å². The summed E-state index contributed by atoms with van der Waals surface area (Å²) in [6.45, 7) is 8.86. The highest BCUT2D eigenvalue weighted by Crippen LogP contribution is 2.28. The number of nitrogens with two attached hydrogens (primary N) is 1. The fourth-order valence-corrected chi connectivity index (χ4v) is 1.52. The van der Waals surface area contributed by atoms with Crippen molar-refractivity contribution in [3.63, 3.8) is 0 Å². The van der Waals surface area contributed by atoms with Crippen LogP contribution in [0.3, 0.4) is 0 Å². The summed E-state index contributed by atoms with van der Waals surface area (Å²) in [5, 5.41) is 0.624. The fourth-order valence-electron chi connectivity index (χ4n) is 1.28. The smallest absolute Gasteiger partial charge is 0.138 e. The number of hydrogen-bond donors (Lipinski definition) is 1. The van der Waals surface area contributed by atoms with E-state index in [9.17, 15) is 0 Å². The first-order valence-corrected chi connectivity index (χ1v) is 5.69. The summed E-state index contributed by atoms with van der Waals surface area (Å²) in [5.74, 6) is 1.00. The van der Waals surface area contributed by atoms with Crippen molar-refractivity contribution in [2.24, 2.45) is 5.73 Å². The zero-order valence-electron chi connectivity index (χ0n) is 9.79. The van der Waals surface area contributed by atoms with Crippen LogP contribution in [0, 0.1) is 0 Å². The van der Waals surface area contributed by atoms with Gasteiger partial charge in [-0.3, -0.25) is 0 Å². The van der Waals surface area contributed by atoms with Gasteiger partial charge in [0.25, 0.3) is 0 Å². The van der Waals surface area contributed by atoms with E-state index in [1.807, 2.05) is 25.1 Å². The molecule has 0 aliphatic heterocycles. The first kappa shape index (κ1) is 13.1. The average Bonchev–Trinajstić information content (AvgIpc) is 2.26. The van der Waals surface area contributed by atoms with Crippen molar-refractivity contribution in [3.8, 4) is 5.75 Å². The molecule has 0 saturated heterocycles. The second kappa shape index (κ2) is 5.92. The molecule has 16 heavy (non-hydrogen) atoms. The maximum Gasteiger partial charge on any atom is 0.138 e. The molecular weight excluding hydrogens is 222 g/mol. The molecule has 0 amide bonds. The SMILES string of the molecule is C=C(C)COc1ccc(C(C)CN)cc1Cl. The van der Waals surface area contributed by atoms with Crippen molar-refractivity contribution in [3.05, 3.63) is 40.9 Å². The summed E-state index contributed by atoms with van der Waals surface area (Å²) in [6.07, 6.45) is 0. The van der Waals surface area contributed by atoms with Crippen LogP contribution < -0.4 is 10.5 Å². The minimum absolute atomic E-state index is 0.313. The van der Waals surface area contributed by atoms with E-state index in [1.165, 1.54) is 0 Å². The van der Waals surface area contributed by atoms with Crippen LogP contribution in [0.1, 0.15) is 25.3 Å². The van der Waals surface area contributed by atoms with Crippen LogP contribution in [0.2, 0.25) is 5.02 Å². The van der Waals surface area contributed by atoms with Gasteiger partial charge in [0.15, 0.2) is 0 Å². The van der Waals surface area contributed by atoms with Gasteiger partial charge in [-0.2, -0.15) is 0 Å². The molecule has 1 rings (SSSR count). The molecule has 0 radical (unpaired) electrons. The van der Waals surface area contributed by atoms with Crippen LogP contribution in [0.4, 0.5) is 0 Å². The van der Waals surface area contributed by atoms with Gasteiger partial charge in [-0.25, -0.2) is 0 Å². The molecule has 1 aromatic carbocycles. The Kier molecular flexibility index (Phi) is 4.84. The monoisotopic (exact) mass is 239 g/mol. The molecule has 0 aliphatic carbocycles. The third-order valence-corrected chi connectivity index (χ3v) is 2.65. The fraction of sp³-hybridized carbons (Fsp3) is 0.385. The number of halogens is 1. The molecule has 2 nitrogen and oxygen atoms in total. The highest BCUT2D eigenvalue weighted by molar-refractivity contribution is 6.32. The standard InChI is InChI=1S/C13H18ClNO/c1-9(2)8-16-13-5-4-11(6-12(13)14)10(3)7-15/h4-6,10H,1,7-8,15H2,2-3H3. The third-order valence-electron chi connectivity index (χ3n) is 2.35. The second-order valence-electron chi connectivity index (χ2n) is 4.07. The lowest BCUT2D eigenvalue weighted by atomic mass is 10.0. The summed E-state index contributed by atoms with van der Waals surface area (Å²) in [6, 6.07) is 5.79. The van der Waals surface area contributed by atoms with E-state index in [1.54, 1.807) is 0 Å². The maximum absolute atomic E-state index is 6.12. The molecule has 1 aromatic rings. The largest absolute Gasteiger partial charge is 0.488 e. The predicted molar refractivity (Wildman–Crippen MR) is 69.2 cm³/mol. The zero-order valence-corrected chi connectivity index (χ0v) is 10.6. The quantitative estimate of drug-likeness (QED) is 0.800. The Morgan fingerprint density at radius 2 is 2.25 bits per heavy atom. The van der Waals surface area contributed by atoms with E-state index in [0.717, 1.165) is 11.1 Å². The van der Waals surface area contributed by atoms with Crippen molar-refractivity contribution in [2.45, 2.75) is 19.8 Å². The maximum atomic E-state index is 6.12. The van der Waals surface area contributed by atoms with Crippen molar-refractivity contribution >= 4 is 11.6 Å². The molecule has 88 valence electrons. The van der Waals surface area contributed by atoms with Gasteiger partial charge in [0.2, 0.25) is 0 Å². The lowest BCUT2D eigenvalue weighted by Gasteiger charge is -2.12. The van der Waals surface area contributed by atoms with Crippen LogP contribution in [0.5, 0.6) is 5.75 Å².